The van der Waals surface area contributed by atoms with Crippen molar-refractivity contribution in [1.29, 1.82) is 0 Å². The number of terminal acetylenes is 1. The van der Waals surface area contributed by atoms with E-state index in [9.17, 15) is 9.59 Å². The second-order valence-electron chi connectivity index (χ2n) is 12.5. The van der Waals surface area contributed by atoms with Gasteiger partial charge in [-0.3, -0.25) is 9.59 Å². The third-order valence-corrected chi connectivity index (χ3v) is 8.14. The van der Waals surface area contributed by atoms with E-state index in [1.165, 1.54) is 0 Å². The van der Waals surface area contributed by atoms with Crippen molar-refractivity contribution in [2.45, 2.75) is 72.3 Å². The van der Waals surface area contributed by atoms with Crippen molar-refractivity contribution >= 4 is 22.5 Å². The number of allylic oxidation sites excluding steroid dienone is 4. The van der Waals surface area contributed by atoms with E-state index in [0.717, 1.165) is 64.8 Å². The summed E-state index contributed by atoms with van der Waals surface area (Å²) >= 11 is 0. The largest absolute Gasteiger partial charge is 0.385 e. The molecule has 2 aromatic rings. The van der Waals surface area contributed by atoms with Crippen molar-refractivity contribution in [3.63, 3.8) is 0 Å². The highest BCUT2D eigenvalue weighted by Crippen LogP contribution is 2.55. The lowest BCUT2D eigenvalue weighted by molar-refractivity contribution is -0.119. The van der Waals surface area contributed by atoms with Gasteiger partial charge in [-0.2, -0.15) is 0 Å². The fourth-order valence-corrected chi connectivity index (χ4v) is 6.73. The van der Waals surface area contributed by atoms with Gasteiger partial charge in [-0.05, 0) is 41.7 Å². The average molecular weight is 499 g/mol. The molecule has 0 N–H and O–H groups in total. The van der Waals surface area contributed by atoms with E-state index in [0.29, 0.717) is 26.0 Å². The topological polar surface area (TPSA) is 51.5 Å². The van der Waals surface area contributed by atoms with Gasteiger partial charge in [0.15, 0.2) is 11.6 Å². The van der Waals surface area contributed by atoms with Crippen LogP contribution in [0.15, 0.2) is 53.0 Å². The molecule has 1 aromatic heterocycles. The number of carbonyl (C=O) groups is 2. The van der Waals surface area contributed by atoms with Gasteiger partial charge in [0.25, 0.3) is 0 Å². The fourth-order valence-electron chi connectivity index (χ4n) is 6.73. The molecular weight excluding hydrogens is 460 g/mol. The molecule has 194 valence electrons. The van der Waals surface area contributed by atoms with E-state index >= 15 is 0 Å². The van der Waals surface area contributed by atoms with Crippen LogP contribution in [0.1, 0.15) is 71.3 Å². The third-order valence-electron chi connectivity index (χ3n) is 8.14. The number of benzene rings is 1. The van der Waals surface area contributed by atoms with E-state index in [1.54, 1.807) is 7.11 Å². The second kappa shape index (κ2) is 9.33. The van der Waals surface area contributed by atoms with E-state index in [4.69, 9.17) is 11.2 Å². The molecule has 1 aliphatic heterocycles. The van der Waals surface area contributed by atoms with Crippen LogP contribution in [0.25, 0.3) is 10.9 Å². The molecule has 2 aliphatic carbocycles. The first-order valence-corrected chi connectivity index (χ1v) is 13.4. The number of ether oxygens (including phenoxy) is 1. The van der Waals surface area contributed by atoms with Gasteiger partial charge in [0.1, 0.15) is 0 Å². The zero-order valence-corrected chi connectivity index (χ0v) is 22.8. The summed E-state index contributed by atoms with van der Waals surface area (Å²) in [5.41, 5.74) is 5.60. The Kier molecular flexibility index (Phi) is 6.44. The number of fused-ring (bicyclic) bond motifs is 1. The number of hydrogen-bond acceptors (Lipinski definition) is 4. The van der Waals surface area contributed by atoms with Crippen LogP contribution in [-0.2, 0) is 20.9 Å². The molecule has 1 aromatic carbocycles. The number of aromatic nitrogens is 1. The smallest absolute Gasteiger partial charge is 0.162 e. The summed E-state index contributed by atoms with van der Waals surface area (Å²) in [5.74, 6) is 2.72. The van der Waals surface area contributed by atoms with Gasteiger partial charge in [0, 0.05) is 78.7 Å². The van der Waals surface area contributed by atoms with Gasteiger partial charge in [-0.1, -0.05) is 51.8 Å². The minimum atomic E-state index is -0.361. The summed E-state index contributed by atoms with van der Waals surface area (Å²) in [5, 5.41) is 1.06. The summed E-state index contributed by atoms with van der Waals surface area (Å²) < 4.78 is 7.46. The molecule has 5 nitrogen and oxygen atoms in total. The van der Waals surface area contributed by atoms with Gasteiger partial charge in [0.2, 0.25) is 0 Å². The van der Waals surface area contributed by atoms with Crippen molar-refractivity contribution in [2.24, 2.45) is 10.8 Å². The maximum absolute atomic E-state index is 14.0. The maximum Gasteiger partial charge on any atom is 0.162 e. The van der Waals surface area contributed by atoms with Crippen LogP contribution in [0.3, 0.4) is 0 Å². The van der Waals surface area contributed by atoms with E-state index in [2.05, 4.69) is 61.4 Å². The normalized spacial score (nSPS) is 21.4. The Morgan fingerprint density at radius 3 is 2.14 bits per heavy atom. The van der Waals surface area contributed by atoms with Crippen LogP contribution in [0.4, 0.5) is 0 Å². The van der Waals surface area contributed by atoms with Gasteiger partial charge >= 0.3 is 0 Å². The molecule has 37 heavy (non-hydrogen) atoms. The van der Waals surface area contributed by atoms with Crippen LogP contribution < -0.4 is 0 Å². The molecule has 3 aliphatic rings. The highest BCUT2D eigenvalue weighted by molar-refractivity contribution is 6.08. The van der Waals surface area contributed by atoms with Crippen molar-refractivity contribution in [1.82, 2.24) is 9.47 Å². The standard InChI is InChI=1S/C32H38N2O3/c1-7-13-33-20-22(21-11-8-9-12-23(21)33)28-29-24(16-31(2,3)18-26(29)35)34(14-10-15-37-6)25-17-32(4,5)19-27(36)30(25)28/h1,8-9,11-12,20,28H,10,13-19H2,2-6H3. The minimum absolute atomic E-state index is 0.135. The number of Topliss-reactive ketones (excluding diaryl/α,β-unsaturated/α-hetero) is 2. The zero-order valence-electron chi connectivity index (χ0n) is 22.8. The third kappa shape index (κ3) is 4.46. The SMILES string of the molecule is C#CCn1cc(C2C3=C(CC(C)(C)CC3=O)N(CCCOC)C3=C2C(=O)CC(C)(C)C3)c2ccccc21. The predicted octanol–water partition coefficient (Wildman–Crippen LogP) is 6.00. The quantitative estimate of drug-likeness (QED) is 0.362. The Balaban J connectivity index is 1.79. The highest BCUT2D eigenvalue weighted by Gasteiger charge is 2.49. The van der Waals surface area contributed by atoms with E-state index in [-0.39, 0.29) is 28.3 Å². The molecular formula is C32H38N2O3. The monoisotopic (exact) mass is 498 g/mol. The molecule has 0 fully saturated rings. The summed E-state index contributed by atoms with van der Waals surface area (Å²) in [7, 11) is 1.72. The number of ketones is 2. The Morgan fingerprint density at radius 2 is 1.57 bits per heavy atom. The second-order valence-corrected chi connectivity index (χ2v) is 12.5. The molecule has 0 amide bonds. The van der Waals surface area contributed by atoms with Crippen LogP contribution in [0.5, 0.6) is 0 Å². The van der Waals surface area contributed by atoms with Gasteiger partial charge in [-0.15, -0.1) is 6.42 Å². The molecule has 0 bridgehead atoms. The minimum Gasteiger partial charge on any atom is -0.385 e. The van der Waals surface area contributed by atoms with Gasteiger partial charge in [0.05, 0.1) is 6.54 Å². The molecule has 0 radical (unpaired) electrons. The molecule has 0 saturated heterocycles. The Hall–Kier alpha value is -3.10. The lowest BCUT2D eigenvalue weighted by Gasteiger charge is -2.49. The summed E-state index contributed by atoms with van der Waals surface area (Å²) in [6.07, 6.45) is 11.2. The average Bonchev–Trinajstić information content (AvgIpc) is 3.16. The number of para-hydroxylation sites is 1. The Labute approximate surface area is 220 Å². The summed E-state index contributed by atoms with van der Waals surface area (Å²) in [6.45, 7) is 10.5. The maximum atomic E-state index is 14.0. The Bertz CT molecular complexity index is 1320. The lowest BCUT2D eigenvalue weighted by Crippen LogP contribution is -2.44. The van der Waals surface area contributed by atoms with Gasteiger partial charge < -0.3 is 14.2 Å². The number of nitrogens with zero attached hydrogens (tertiary/aromatic N) is 2. The highest BCUT2D eigenvalue weighted by atomic mass is 16.5. The predicted molar refractivity (Wildman–Crippen MR) is 147 cm³/mol. The first-order valence-electron chi connectivity index (χ1n) is 13.4. The first kappa shape index (κ1) is 25.5. The van der Waals surface area contributed by atoms with Crippen LogP contribution in [0.2, 0.25) is 0 Å². The molecule has 5 rings (SSSR count). The van der Waals surface area contributed by atoms with Crippen LogP contribution in [0, 0.1) is 23.2 Å². The first-order chi connectivity index (χ1) is 17.6. The fraction of sp³-hybridized carbons (Fsp3) is 0.500. The Morgan fingerprint density at radius 1 is 0.973 bits per heavy atom. The number of rotatable bonds is 6. The van der Waals surface area contributed by atoms with Crippen molar-refractivity contribution in [2.75, 3.05) is 20.3 Å². The molecule has 0 unspecified atom stereocenters. The summed E-state index contributed by atoms with van der Waals surface area (Å²) in [4.78, 5) is 30.3. The number of hydrogen-bond donors (Lipinski definition) is 0. The number of carbonyl (C=O) groups excluding carboxylic acids is 2. The molecule has 0 spiro atoms. The van der Waals surface area contributed by atoms with E-state index in [1.807, 2.05) is 12.1 Å². The molecule has 5 heteroatoms. The number of methoxy groups -OCH3 is 1. The zero-order chi connectivity index (χ0) is 26.5. The van der Waals surface area contributed by atoms with Crippen molar-refractivity contribution in [3.05, 3.63) is 58.6 Å². The molecule has 0 saturated carbocycles. The molecule has 0 atom stereocenters. The van der Waals surface area contributed by atoms with Crippen molar-refractivity contribution in [3.8, 4) is 12.3 Å². The summed E-state index contributed by atoms with van der Waals surface area (Å²) in [6, 6.07) is 8.19. The van der Waals surface area contributed by atoms with E-state index < -0.39 is 0 Å². The van der Waals surface area contributed by atoms with Crippen LogP contribution >= 0.6 is 0 Å². The lowest BCUT2D eigenvalue weighted by atomic mass is 9.63. The van der Waals surface area contributed by atoms with Crippen molar-refractivity contribution < 1.29 is 14.3 Å². The van der Waals surface area contributed by atoms with Crippen LogP contribution in [-0.4, -0.2) is 41.3 Å². The molecule has 2 heterocycles. The van der Waals surface area contributed by atoms with Gasteiger partial charge in [-0.25, -0.2) is 0 Å².